The first-order chi connectivity index (χ1) is 20.5. The second-order valence-corrected chi connectivity index (χ2v) is 9.93. The van der Waals surface area contributed by atoms with Crippen LogP contribution in [0.3, 0.4) is 0 Å². The molecule has 3 heterocycles. The van der Waals surface area contributed by atoms with Crippen LogP contribution in [0.1, 0.15) is 33.3 Å². The van der Waals surface area contributed by atoms with Crippen LogP contribution < -0.4 is 10.3 Å². The predicted molar refractivity (Wildman–Crippen MR) is 151 cm³/mol. The molecule has 2 aromatic heterocycles. The van der Waals surface area contributed by atoms with E-state index in [1.54, 1.807) is 19.2 Å². The van der Waals surface area contributed by atoms with E-state index in [4.69, 9.17) is 14.2 Å². The molecule has 11 heteroatoms. The molecule has 0 bridgehead atoms. The summed E-state index contributed by atoms with van der Waals surface area (Å²) in [4.78, 5) is 34.3. The summed E-state index contributed by atoms with van der Waals surface area (Å²) in [5, 5.41) is 22.1. The number of nitrogens with zero attached hydrogens (tertiary/aromatic N) is 3. The van der Waals surface area contributed by atoms with Gasteiger partial charge in [0.2, 0.25) is 0 Å². The second kappa shape index (κ2) is 11.3. The van der Waals surface area contributed by atoms with E-state index in [-0.39, 0.29) is 17.8 Å². The van der Waals surface area contributed by atoms with Crippen LogP contribution >= 0.6 is 0 Å². The van der Waals surface area contributed by atoms with Crippen LogP contribution in [0.4, 0.5) is 0 Å². The number of carbonyl (C=O) groups excluding carboxylic acids is 1. The van der Waals surface area contributed by atoms with Crippen molar-refractivity contribution < 1.29 is 29.2 Å². The standard InChI is InChI=1S/C31H28N4O7/c1-40-23-13-11-22(12-14-23)31(20-5-3-2-4-6-20,21-9-7-19(15-36)8-10-21)41-16-24-26(37)27(38)30(42-24)35-18-34-25-28(35)32-17-33-29(25)39/h2-15,17-18,24,26-27,30,37-38H,16H2,1H3,(H,32,33,39)/t24-,26?,27?,30-,31?/m1/s1. The number of aldehydes is 1. The first kappa shape index (κ1) is 27.5. The zero-order valence-corrected chi connectivity index (χ0v) is 22.5. The molecule has 1 fully saturated rings. The topological polar surface area (TPSA) is 149 Å². The van der Waals surface area contributed by atoms with E-state index < -0.39 is 35.7 Å². The van der Waals surface area contributed by atoms with E-state index in [1.807, 2.05) is 66.7 Å². The van der Waals surface area contributed by atoms with Crippen LogP contribution in [0.25, 0.3) is 11.2 Å². The number of H-pyrrole nitrogens is 1. The van der Waals surface area contributed by atoms with E-state index in [9.17, 15) is 19.8 Å². The number of aliphatic hydroxyl groups is 2. The van der Waals surface area contributed by atoms with E-state index in [0.29, 0.717) is 11.3 Å². The Morgan fingerprint density at radius 3 is 2.29 bits per heavy atom. The average Bonchev–Trinajstić information content (AvgIpc) is 3.59. The minimum atomic E-state index is -1.35. The smallest absolute Gasteiger partial charge is 0.278 e. The maximum absolute atomic E-state index is 12.1. The second-order valence-electron chi connectivity index (χ2n) is 9.93. The Morgan fingerprint density at radius 2 is 1.62 bits per heavy atom. The summed E-state index contributed by atoms with van der Waals surface area (Å²) in [5.74, 6) is 0.664. The fourth-order valence-corrected chi connectivity index (χ4v) is 5.40. The Morgan fingerprint density at radius 1 is 0.952 bits per heavy atom. The van der Waals surface area contributed by atoms with Crippen molar-refractivity contribution in [1.29, 1.82) is 0 Å². The molecule has 0 aliphatic carbocycles. The van der Waals surface area contributed by atoms with Crippen LogP contribution in [-0.4, -0.2) is 68.0 Å². The van der Waals surface area contributed by atoms with Crippen LogP contribution in [0.15, 0.2) is 96.3 Å². The van der Waals surface area contributed by atoms with Crippen LogP contribution in [0.5, 0.6) is 5.75 Å². The van der Waals surface area contributed by atoms with Gasteiger partial charge in [-0.1, -0.05) is 66.7 Å². The number of ether oxygens (including phenoxy) is 3. The molecule has 6 rings (SSSR count). The fourth-order valence-electron chi connectivity index (χ4n) is 5.40. The minimum Gasteiger partial charge on any atom is -0.497 e. The van der Waals surface area contributed by atoms with Gasteiger partial charge in [-0.15, -0.1) is 0 Å². The van der Waals surface area contributed by atoms with Gasteiger partial charge in [0.15, 0.2) is 17.4 Å². The molecular formula is C31H28N4O7. The van der Waals surface area contributed by atoms with Crippen molar-refractivity contribution in [2.24, 2.45) is 0 Å². The lowest BCUT2D eigenvalue weighted by molar-refractivity contribution is -0.0942. The van der Waals surface area contributed by atoms with Gasteiger partial charge in [0.05, 0.1) is 26.4 Å². The molecule has 3 unspecified atom stereocenters. The highest BCUT2D eigenvalue weighted by molar-refractivity contribution is 5.75. The molecule has 42 heavy (non-hydrogen) atoms. The van der Waals surface area contributed by atoms with Crippen molar-refractivity contribution in [3.8, 4) is 5.75 Å². The molecule has 11 nitrogen and oxygen atoms in total. The van der Waals surface area contributed by atoms with Gasteiger partial charge in [0.1, 0.15) is 35.9 Å². The monoisotopic (exact) mass is 568 g/mol. The third-order valence-electron chi connectivity index (χ3n) is 7.57. The number of aromatic amines is 1. The fraction of sp³-hybridized carbons (Fsp3) is 0.226. The Balaban J connectivity index is 1.40. The van der Waals surface area contributed by atoms with Crippen molar-refractivity contribution in [1.82, 2.24) is 19.5 Å². The van der Waals surface area contributed by atoms with Gasteiger partial charge in [0.25, 0.3) is 5.56 Å². The minimum absolute atomic E-state index is 0.0869. The third kappa shape index (κ3) is 4.68. The zero-order chi connectivity index (χ0) is 29.3. The summed E-state index contributed by atoms with van der Waals surface area (Å²) in [5.41, 5.74) is 1.48. The molecule has 3 N–H and O–H groups in total. The highest BCUT2D eigenvalue weighted by Gasteiger charge is 2.47. The predicted octanol–water partition coefficient (Wildman–Crippen LogP) is 2.57. The lowest BCUT2D eigenvalue weighted by Crippen LogP contribution is -2.39. The molecule has 1 aliphatic rings. The van der Waals surface area contributed by atoms with Gasteiger partial charge in [-0.25, -0.2) is 9.97 Å². The van der Waals surface area contributed by atoms with Crippen LogP contribution in [0, 0.1) is 0 Å². The number of fused-ring (bicyclic) bond motifs is 1. The number of hydrogen-bond acceptors (Lipinski definition) is 9. The number of aromatic nitrogens is 4. The number of imidazole rings is 1. The number of aliphatic hydroxyl groups excluding tert-OH is 2. The zero-order valence-electron chi connectivity index (χ0n) is 22.5. The summed E-state index contributed by atoms with van der Waals surface area (Å²) >= 11 is 0. The summed E-state index contributed by atoms with van der Waals surface area (Å²) in [7, 11) is 1.59. The molecule has 214 valence electrons. The molecule has 5 aromatic rings. The van der Waals surface area contributed by atoms with Crippen molar-refractivity contribution in [2.75, 3.05) is 13.7 Å². The van der Waals surface area contributed by atoms with Crippen molar-refractivity contribution in [3.05, 3.63) is 124 Å². The Hall–Kier alpha value is -4.68. The first-order valence-corrected chi connectivity index (χ1v) is 13.3. The van der Waals surface area contributed by atoms with E-state index >= 15 is 0 Å². The Bertz CT molecular complexity index is 1740. The molecular weight excluding hydrogens is 540 g/mol. The van der Waals surface area contributed by atoms with Gasteiger partial charge in [0, 0.05) is 5.56 Å². The molecule has 1 saturated heterocycles. The third-order valence-corrected chi connectivity index (χ3v) is 7.57. The lowest BCUT2D eigenvalue weighted by atomic mass is 9.79. The highest BCUT2D eigenvalue weighted by atomic mass is 16.6. The van der Waals surface area contributed by atoms with Crippen LogP contribution in [0.2, 0.25) is 0 Å². The SMILES string of the molecule is COc1ccc(C(OC[C@H]2O[C@@H](n3cnc4c(=O)[nH]cnc43)C(O)C2O)(c2ccccc2)c2ccc(C=O)cc2)cc1. The number of nitrogens with one attached hydrogen (secondary N) is 1. The summed E-state index contributed by atoms with van der Waals surface area (Å²) in [6, 6.07) is 24.1. The van der Waals surface area contributed by atoms with Crippen molar-refractivity contribution >= 4 is 17.5 Å². The molecule has 5 atom stereocenters. The maximum Gasteiger partial charge on any atom is 0.278 e. The average molecular weight is 569 g/mol. The highest BCUT2D eigenvalue weighted by Crippen LogP contribution is 2.42. The lowest BCUT2D eigenvalue weighted by Gasteiger charge is -2.37. The summed E-state index contributed by atoms with van der Waals surface area (Å²) in [6.07, 6.45) is -1.34. The van der Waals surface area contributed by atoms with Crippen molar-refractivity contribution in [3.63, 3.8) is 0 Å². The maximum atomic E-state index is 12.1. The number of methoxy groups -OCH3 is 1. The van der Waals surface area contributed by atoms with Gasteiger partial charge in [-0.3, -0.25) is 14.2 Å². The van der Waals surface area contributed by atoms with Gasteiger partial charge in [-0.2, -0.15) is 0 Å². The van der Waals surface area contributed by atoms with E-state index in [0.717, 1.165) is 23.0 Å². The number of hydrogen-bond donors (Lipinski definition) is 3. The molecule has 0 amide bonds. The van der Waals surface area contributed by atoms with Gasteiger partial charge in [-0.05, 0) is 28.8 Å². The summed E-state index contributed by atoms with van der Waals surface area (Å²) < 4.78 is 19.7. The summed E-state index contributed by atoms with van der Waals surface area (Å²) in [6.45, 7) is -0.133. The molecule has 0 radical (unpaired) electrons. The van der Waals surface area contributed by atoms with Gasteiger partial charge >= 0.3 is 0 Å². The number of benzene rings is 3. The number of carbonyl (C=O) groups is 1. The number of rotatable bonds is 9. The molecule has 1 aliphatic heterocycles. The van der Waals surface area contributed by atoms with E-state index in [1.165, 1.54) is 17.2 Å². The largest absolute Gasteiger partial charge is 0.497 e. The van der Waals surface area contributed by atoms with Gasteiger partial charge < -0.3 is 29.4 Å². The Labute approximate surface area is 240 Å². The molecule has 3 aromatic carbocycles. The van der Waals surface area contributed by atoms with E-state index in [2.05, 4.69) is 15.0 Å². The Kier molecular flexibility index (Phi) is 7.40. The van der Waals surface area contributed by atoms with Crippen molar-refractivity contribution in [2.45, 2.75) is 30.1 Å². The molecule has 0 spiro atoms. The molecule has 0 saturated carbocycles. The normalized spacial score (nSPS) is 21.7. The first-order valence-electron chi connectivity index (χ1n) is 13.3. The van der Waals surface area contributed by atoms with Crippen LogP contribution in [-0.2, 0) is 15.1 Å². The quantitative estimate of drug-likeness (QED) is 0.180.